The summed E-state index contributed by atoms with van der Waals surface area (Å²) in [5.41, 5.74) is 0. The molecule has 2 heterocycles. The fourth-order valence-electron chi connectivity index (χ4n) is 2.44. The monoisotopic (exact) mass is 248 g/mol. The van der Waals surface area contributed by atoms with Crippen molar-refractivity contribution in [3.05, 3.63) is 18.5 Å². The van der Waals surface area contributed by atoms with E-state index in [-0.39, 0.29) is 0 Å². The van der Waals surface area contributed by atoms with Crippen molar-refractivity contribution < 1.29 is 0 Å². The van der Waals surface area contributed by atoms with Crippen LogP contribution in [0, 0.1) is 11.8 Å². The van der Waals surface area contributed by atoms with Gasteiger partial charge in [-0.1, -0.05) is 13.8 Å². The lowest BCUT2D eigenvalue weighted by Gasteiger charge is -2.33. The van der Waals surface area contributed by atoms with Crippen LogP contribution >= 0.6 is 0 Å². The molecule has 1 aromatic rings. The van der Waals surface area contributed by atoms with Gasteiger partial charge in [-0.25, -0.2) is 9.97 Å². The Kier molecular flexibility index (Phi) is 4.93. The minimum atomic E-state index is 0.723. The van der Waals surface area contributed by atoms with Gasteiger partial charge >= 0.3 is 0 Å². The average Bonchev–Trinajstić information content (AvgIpc) is 2.40. The molecule has 0 amide bonds. The van der Waals surface area contributed by atoms with Crippen molar-refractivity contribution in [1.82, 2.24) is 15.3 Å². The molecular formula is C14H24N4. The zero-order valence-corrected chi connectivity index (χ0v) is 11.5. The number of anilines is 1. The number of aromatic nitrogens is 2. The van der Waals surface area contributed by atoms with Crippen molar-refractivity contribution in [2.24, 2.45) is 11.8 Å². The highest BCUT2D eigenvalue weighted by Gasteiger charge is 2.21. The molecule has 1 fully saturated rings. The molecule has 2 rings (SSSR count). The highest BCUT2D eigenvalue weighted by atomic mass is 15.2. The Bertz CT molecular complexity index is 339. The van der Waals surface area contributed by atoms with Crippen molar-refractivity contribution in [1.29, 1.82) is 0 Å². The highest BCUT2D eigenvalue weighted by molar-refractivity contribution is 5.29. The third kappa shape index (κ3) is 3.95. The molecule has 4 nitrogen and oxygen atoms in total. The quantitative estimate of drug-likeness (QED) is 0.864. The van der Waals surface area contributed by atoms with Gasteiger partial charge in [0.25, 0.3) is 0 Å². The predicted molar refractivity (Wildman–Crippen MR) is 74.7 cm³/mol. The van der Waals surface area contributed by atoms with E-state index < -0.39 is 0 Å². The van der Waals surface area contributed by atoms with Crippen molar-refractivity contribution >= 4 is 5.95 Å². The van der Waals surface area contributed by atoms with Gasteiger partial charge < -0.3 is 10.2 Å². The van der Waals surface area contributed by atoms with Gasteiger partial charge in [-0.15, -0.1) is 0 Å². The minimum absolute atomic E-state index is 0.723. The Morgan fingerprint density at radius 1 is 1.39 bits per heavy atom. The van der Waals surface area contributed by atoms with E-state index in [1.807, 2.05) is 18.5 Å². The first-order chi connectivity index (χ1) is 8.75. The second-order valence-electron chi connectivity index (χ2n) is 5.56. The molecule has 0 aromatic carbocycles. The second kappa shape index (κ2) is 6.69. The molecule has 1 aliphatic rings. The van der Waals surface area contributed by atoms with E-state index >= 15 is 0 Å². The van der Waals surface area contributed by atoms with Gasteiger partial charge in [-0.05, 0) is 43.8 Å². The molecule has 0 saturated carbocycles. The van der Waals surface area contributed by atoms with Crippen LogP contribution < -0.4 is 10.2 Å². The summed E-state index contributed by atoms with van der Waals surface area (Å²) in [5, 5.41) is 3.56. The molecule has 0 radical (unpaired) electrons. The minimum Gasteiger partial charge on any atom is -0.341 e. The van der Waals surface area contributed by atoms with Gasteiger partial charge in [-0.3, -0.25) is 0 Å². The number of nitrogens with one attached hydrogen (secondary N) is 1. The topological polar surface area (TPSA) is 41.0 Å². The predicted octanol–water partition coefficient (Wildman–Crippen LogP) is 1.94. The molecule has 1 aromatic heterocycles. The van der Waals surface area contributed by atoms with Crippen LogP contribution in [0.3, 0.4) is 0 Å². The molecule has 1 N–H and O–H groups in total. The van der Waals surface area contributed by atoms with Crippen molar-refractivity contribution in [3.8, 4) is 0 Å². The van der Waals surface area contributed by atoms with Gasteiger partial charge in [0.05, 0.1) is 0 Å². The Labute approximate surface area is 110 Å². The summed E-state index contributed by atoms with van der Waals surface area (Å²) in [6, 6.07) is 1.87. The van der Waals surface area contributed by atoms with Gasteiger partial charge in [0.1, 0.15) is 0 Å². The lowest BCUT2D eigenvalue weighted by molar-refractivity contribution is 0.380. The lowest BCUT2D eigenvalue weighted by atomic mass is 9.98. The number of hydrogen-bond acceptors (Lipinski definition) is 4. The molecule has 0 aliphatic carbocycles. The summed E-state index contributed by atoms with van der Waals surface area (Å²) in [4.78, 5) is 11.0. The van der Waals surface area contributed by atoms with E-state index in [4.69, 9.17) is 0 Å². The summed E-state index contributed by atoms with van der Waals surface area (Å²) in [6.45, 7) is 8.88. The van der Waals surface area contributed by atoms with Crippen LogP contribution in [0.5, 0.6) is 0 Å². The molecule has 0 bridgehead atoms. The van der Waals surface area contributed by atoms with E-state index in [9.17, 15) is 0 Å². The van der Waals surface area contributed by atoms with Crippen LogP contribution in [-0.4, -0.2) is 36.1 Å². The summed E-state index contributed by atoms with van der Waals surface area (Å²) in [6.07, 6.45) is 6.20. The first-order valence-corrected chi connectivity index (χ1v) is 6.98. The van der Waals surface area contributed by atoms with Gasteiger partial charge in [0, 0.05) is 25.5 Å². The van der Waals surface area contributed by atoms with Crippen molar-refractivity contribution in [2.75, 3.05) is 31.1 Å². The maximum Gasteiger partial charge on any atom is 0.225 e. The fourth-order valence-corrected chi connectivity index (χ4v) is 2.44. The zero-order valence-electron chi connectivity index (χ0n) is 11.5. The van der Waals surface area contributed by atoms with E-state index in [2.05, 4.69) is 34.0 Å². The van der Waals surface area contributed by atoms with Crippen LogP contribution in [0.25, 0.3) is 0 Å². The standard InChI is InChI=1S/C14H24N4/c1-12(2)9-15-10-13-5-3-8-18(11-13)14-16-6-4-7-17-14/h4,6-7,12-13,15H,3,5,8-11H2,1-2H3. The van der Waals surface area contributed by atoms with E-state index in [0.717, 1.165) is 44.0 Å². The molecule has 1 unspecified atom stereocenters. The SMILES string of the molecule is CC(C)CNCC1CCCN(c2ncccn2)C1. The second-order valence-corrected chi connectivity index (χ2v) is 5.56. The number of rotatable bonds is 5. The van der Waals surface area contributed by atoms with Crippen LogP contribution in [0.15, 0.2) is 18.5 Å². The summed E-state index contributed by atoms with van der Waals surface area (Å²) < 4.78 is 0. The summed E-state index contributed by atoms with van der Waals surface area (Å²) >= 11 is 0. The Morgan fingerprint density at radius 2 is 2.17 bits per heavy atom. The van der Waals surface area contributed by atoms with E-state index in [0.29, 0.717) is 0 Å². The number of nitrogens with zero attached hydrogens (tertiary/aromatic N) is 3. The largest absolute Gasteiger partial charge is 0.341 e. The maximum atomic E-state index is 4.34. The molecule has 0 spiro atoms. The van der Waals surface area contributed by atoms with Gasteiger partial charge in [-0.2, -0.15) is 0 Å². The van der Waals surface area contributed by atoms with Crippen LogP contribution in [0.2, 0.25) is 0 Å². The number of piperidine rings is 1. The van der Waals surface area contributed by atoms with Gasteiger partial charge in [0.2, 0.25) is 5.95 Å². The molecule has 1 saturated heterocycles. The Balaban J connectivity index is 1.81. The van der Waals surface area contributed by atoms with Crippen molar-refractivity contribution in [2.45, 2.75) is 26.7 Å². The first-order valence-electron chi connectivity index (χ1n) is 6.98. The van der Waals surface area contributed by atoms with E-state index in [1.54, 1.807) is 0 Å². The van der Waals surface area contributed by atoms with Gasteiger partial charge in [0.15, 0.2) is 0 Å². The Morgan fingerprint density at radius 3 is 2.89 bits per heavy atom. The molecule has 4 heteroatoms. The molecule has 1 aliphatic heterocycles. The third-order valence-electron chi connectivity index (χ3n) is 3.34. The zero-order chi connectivity index (χ0) is 12.8. The number of hydrogen-bond donors (Lipinski definition) is 1. The van der Waals surface area contributed by atoms with Crippen molar-refractivity contribution in [3.63, 3.8) is 0 Å². The molecule has 100 valence electrons. The van der Waals surface area contributed by atoms with E-state index in [1.165, 1.54) is 12.8 Å². The highest BCUT2D eigenvalue weighted by Crippen LogP contribution is 2.19. The fraction of sp³-hybridized carbons (Fsp3) is 0.714. The maximum absolute atomic E-state index is 4.34. The Hall–Kier alpha value is -1.16. The average molecular weight is 248 g/mol. The smallest absolute Gasteiger partial charge is 0.225 e. The molecule has 1 atom stereocenters. The summed E-state index contributed by atoms with van der Waals surface area (Å²) in [5.74, 6) is 2.33. The summed E-state index contributed by atoms with van der Waals surface area (Å²) in [7, 11) is 0. The molecular weight excluding hydrogens is 224 g/mol. The normalized spacial score (nSPS) is 20.4. The van der Waals surface area contributed by atoms with Crippen LogP contribution in [0.1, 0.15) is 26.7 Å². The molecule has 18 heavy (non-hydrogen) atoms. The first kappa shape index (κ1) is 13.3. The lowest BCUT2D eigenvalue weighted by Crippen LogP contribution is -2.41. The van der Waals surface area contributed by atoms with Crippen LogP contribution in [0.4, 0.5) is 5.95 Å². The van der Waals surface area contributed by atoms with Crippen LogP contribution in [-0.2, 0) is 0 Å². The third-order valence-corrected chi connectivity index (χ3v) is 3.34.